The third-order valence-electron chi connectivity index (χ3n) is 6.41. The molecule has 0 radical (unpaired) electrons. The number of aromatic nitrogens is 2. The summed E-state index contributed by atoms with van der Waals surface area (Å²) in [6.45, 7) is 2.64. The fourth-order valence-electron chi connectivity index (χ4n) is 4.81. The second-order valence-electron chi connectivity index (χ2n) is 8.33. The second-order valence-corrected chi connectivity index (χ2v) is 9.14. The topological polar surface area (TPSA) is 59.4 Å². The van der Waals surface area contributed by atoms with Crippen molar-refractivity contribution in [2.24, 2.45) is 0 Å². The number of carbonyl (C=O) groups is 1. The Kier molecular flexibility index (Phi) is 5.81. The molecule has 5 rings (SSSR count). The molecule has 6 nitrogen and oxygen atoms in total. The average Bonchev–Trinajstić information content (AvgIpc) is 3.49. The maximum Gasteiger partial charge on any atom is 0.254 e. The molecule has 2 unspecified atom stereocenters. The molecule has 0 aliphatic carbocycles. The zero-order chi connectivity index (χ0) is 23.1. The molecule has 2 atom stereocenters. The number of nitrogens with zero attached hydrogens (tertiary/aromatic N) is 3. The van der Waals surface area contributed by atoms with Gasteiger partial charge in [0.1, 0.15) is 17.6 Å². The summed E-state index contributed by atoms with van der Waals surface area (Å²) in [5, 5.41) is 8.78. The van der Waals surface area contributed by atoms with Crippen molar-refractivity contribution in [2.45, 2.75) is 31.8 Å². The molecule has 2 aliphatic heterocycles. The van der Waals surface area contributed by atoms with Crippen LogP contribution >= 0.6 is 23.2 Å². The summed E-state index contributed by atoms with van der Waals surface area (Å²) in [5.41, 5.74) is 3.43. The lowest BCUT2D eigenvalue weighted by Crippen LogP contribution is -2.38. The Morgan fingerprint density at radius 2 is 1.85 bits per heavy atom. The standard InChI is InChI=1S/C25H24Cl2N4O2/c1-15-23(25(32)30-13-3-4-21(30)16-5-8-18(33-2)9-6-16)24(31-22(29-15)11-12-28-31)17-7-10-19(26)20(27)14-17/h5-12,14,21,24,29H,3-4,13H2,1-2H3. The molecule has 1 N–H and O–H groups in total. The maximum atomic E-state index is 14.1. The van der Waals surface area contributed by atoms with Gasteiger partial charge in [-0.05, 0) is 55.2 Å². The highest BCUT2D eigenvalue weighted by Gasteiger charge is 2.39. The van der Waals surface area contributed by atoms with E-state index < -0.39 is 6.04 Å². The molecule has 1 saturated heterocycles. The molecule has 1 amide bonds. The molecule has 170 valence electrons. The Bertz CT molecular complexity index is 1240. The zero-order valence-corrected chi connectivity index (χ0v) is 19.9. The van der Waals surface area contributed by atoms with Gasteiger partial charge in [0.05, 0.1) is 35.0 Å². The summed E-state index contributed by atoms with van der Waals surface area (Å²) >= 11 is 12.5. The number of amides is 1. The van der Waals surface area contributed by atoms with Crippen LogP contribution in [0.5, 0.6) is 5.75 Å². The third kappa shape index (κ3) is 3.87. The van der Waals surface area contributed by atoms with E-state index in [1.807, 2.05) is 59.0 Å². The number of anilines is 1. The summed E-state index contributed by atoms with van der Waals surface area (Å²) < 4.78 is 7.13. The number of hydrogen-bond donors (Lipinski definition) is 1. The number of methoxy groups -OCH3 is 1. The number of fused-ring (bicyclic) bond motifs is 1. The van der Waals surface area contributed by atoms with E-state index in [9.17, 15) is 4.79 Å². The van der Waals surface area contributed by atoms with Crippen molar-refractivity contribution in [3.8, 4) is 5.75 Å². The number of benzene rings is 2. The number of ether oxygens (including phenoxy) is 1. The van der Waals surface area contributed by atoms with Gasteiger partial charge in [0.25, 0.3) is 5.91 Å². The van der Waals surface area contributed by atoms with Crippen molar-refractivity contribution >= 4 is 34.9 Å². The van der Waals surface area contributed by atoms with E-state index in [0.29, 0.717) is 22.2 Å². The van der Waals surface area contributed by atoms with Crippen LogP contribution in [0.3, 0.4) is 0 Å². The molecule has 3 aromatic rings. The van der Waals surface area contributed by atoms with E-state index in [-0.39, 0.29) is 11.9 Å². The molecule has 33 heavy (non-hydrogen) atoms. The number of hydrogen-bond acceptors (Lipinski definition) is 4. The van der Waals surface area contributed by atoms with Crippen LogP contribution < -0.4 is 10.1 Å². The minimum atomic E-state index is -0.407. The van der Waals surface area contributed by atoms with E-state index in [2.05, 4.69) is 10.4 Å². The van der Waals surface area contributed by atoms with Crippen LogP contribution in [0.15, 0.2) is 66.0 Å². The van der Waals surface area contributed by atoms with Crippen LogP contribution in [0.1, 0.15) is 43.0 Å². The van der Waals surface area contributed by atoms with Crippen LogP contribution in [-0.2, 0) is 4.79 Å². The predicted octanol–water partition coefficient (Wildman–Crippen LogP) is 5.85. The molecular formula is C25H24Cl2N4O2. The van der Waals surface area contributed by atoms with Crippen LogP contribution in [0.4, 0.5) is 5.82 Å². The largest absolute Gasteiger partial charge is 0.497 e. The van der Waals surface area contributed by atoms with Crippen molar-refractivity contribution in [1.82, 2.24) is 14.7 Å². The van der Waals surface area contributed by atoms with Gasteiger partial charge < -0.3 is 15.0 Å². The van der Waals surface area contributed by atoms with Crippen molar-refractivity contribution in [2.75, 3.05) is 19.0 Å². The minimum Gasteiger partial charge on any atom is -0.497 e. The summed E-state index contributed by atoms with van der Waals surface area (Å²) in [7, 11) is 1.65. The highest BCUT2D eigenvalue weighted by molar-refractivity contribution is 6.42. The molecular weight excluding hydrogens is 459 g/mol. The van der Waals surface area contributed by atoms with Gasteiger partial charge in [0.15, 0.2) is 0 Å². The lowest BCUT2D eigenvalue weighted by molar-refractivity contribution is -0.128. The predicted molar refractivity (Wildman–Crippen MR) is 130 cm³/mol. The van der Waals surface area contributed by atoms with Crippen LogP contribution in [-0.4, -0.2) is 34.2 Å². The highest BCUT2D eigenvalue weighted by Crippen LogP contribution is 2.41. The van der Waals surface area contributed by atoms with E-state index in [1.165, 1.54) is 0 Å². The van der Waals surface area contributed by atoms with Crippen LogP contribution in [0.25, 0.3) is 0 Å². The van der Waals surface area contributed by atoms with Crippen molar-refractivity contribution in [3.63, 3.8) is 0 Å². The highest BCUT2D eigenvalue weighted by atomic mass is 35.5. The Balaban J connectivity index is 1.55. The molecule has 2 aromatic carbocycles. The number of halogens is 2. The van der Waals surface area contributed by atoms with Gasteiger partial charge in [-0.15, -0.1) is 0 Å². The lowest BCUT2D eigenvalue weighted by Gasteiger charge is -2.34. The monoisotopic (exact) mass is 482 g/mol. The third-order valence-corrected chi connectivity index (χ3v) is 7.15. The van der Waals surface area contributed by atoms with Crippen LogP contribution in [0.2, 0.25) is 10.0 Å². The first-order valence-corrected chi connectivity index (χ1v) is 11.6. The number of allylic oxidation sites excluding steroid dienone is 1. The maximum absolute atomic E-state index is 14.1. The first kappa shape index (κ1) is 21.9. The van der Waals surface area contributed by atoms with Gasteiger partial charge in [-0.25, -0.2) is 4.68 Å². The minimum absolute atomic E-state index is 0.00413. The van der Waals surface area contributed by atoms with Crippen molar-refractivity contribution < 1.29 is 9.53 Å². The molecule has 0 bridgehead atoms. The van der Waals surface area contributed by atoms with E-state index in [0.717, 1.165) is 41.2 Å². The van der Waals surface area contributed by atoms with E-state index in [1.54, 1.807) is 19.4 Å². The fourth-order valence-corrected chi connectivity index (χ4v) is 5.12. The molecule has 1 aromatic heterocycles. The molecule has 0 saturated carbocycles. The first-order valence-electron chi connectivity index (χ1n) is 10.9. The Hall–Kier alpha value is -2.96. The number of nitrogens with one attached hydrogen (secondary N) is 1. The van der Waals surface area contributed by atoms with Crippen LogP contribution in [0, 0.1) is 0 Å². The zero-order valence-electron chi connectivity index (χ0n) is 18.4. The normalized spacial score (nSPS) is 19.9. The average molecular weight is 483 g/mol. The van der Waals surface area contributed by atoms with Crippen molar-refractivity contribution in [1.29, 1.82) is 0 Å². The van der Waals surface area contributed by atoms with Crippen molar-refractivity contribution in [3.05, 3.63) is 87.2 Å². The van der Waals surface area contributed by atoms with Gasteiger partial charge in [-0.2, -0.15) is 5.10 Å². The van der Waals surface area contributed by atoms with Gasteiger partial charge in [-0.1, -0.05) is 41.4 Å². The van der Waals surface area contributed by atoms with Gasteiger partial charge in [0, 0.05) is 18.3 Å². The quantitative estimate of drug-likeness (QED) is 0.506. The van der Waals surface area contributed by atoms with Gasteiger partial charge in [-0.3, -0.25) is 4.79 Å². The summed E-state index contributed by atoms with van der Waals surface area (Å²) in [6.07, 6.45) is 3.60. The Morgan fingerprint density at radius 1 is 1.09 bits per heavy atom. The molecule has 1 fully saturated rings. The summed E-state index contributed by atoms with van der Waals surface area (Å²) in [4.78, 5) is 16.1. The SMILES string of the molecule is COc1ccc(C2CCCN2C(=O)C2=C(C)Nc3ccnn3C2c2ccc(Cl)c(Cl)c2)cc1. The molecule has 0 spiro atoms. The van der Waals surface area contributed by atoms with E-state index >= 15 is 0 Å². The van der Waals surface area contributed by atoms with Gasteiger partial charge >= 0.3 is 0 Å². The summed E-state index contributed by atoms with van der Waals surface area (Å²) in [5.74, 6) is 1.62. The first-order chi connectivity index (χ1) is 16.0. The number of carbonyl (C=O) groups excluding carboxylic acids is 1. The lowest BCUT2D eigenvalue weighted by atomic mass is 9.93. The van der Waals surface area contributed by atoms with E-state index in [4.69, 9.17) is 27.9 Å². The fraction of sp³-hybridized carbons (Fsp3) is 0.280. The Labute approximate surface area is 202 Å². The molecule has 2 aliphatic rings. The second kappa shape index (κ2) is 8.76. The number of likely N-dealkylation sites (tertiary alicyclic amines) is 1. The molecule has 3 heterocycles. The van der Waals surface area contributed by atoms with Gasteiger partial charge in [0.2, 0.25) is 0 Å². The molecule has 8 heteroatoms. The number of rotatable bonds is 4. The Morgan fingerprint density at radius 3 is 2.58 bits per heavy atom. The summed E-state index contributed by atoms with van der Waals surface area (Å²) in [6, 6.07) is 14.9. The smallest absolute Gasteiger partial charge is 0.254 e.